The van der Waals surface area contributed by atoms with Crippen LogP contribution in [0.15, 0.2) is 115 Å². The molecule has 3 heteroatoms. The molecule has 0 N–H and O–H groups in total. The zero-order valence-corrected chi connectivity index (χ0v) is 32.0. The molecule has 1 aromatic heterocycles. The van der Waals surface area contributed by atoms with Gasteiger partial charge in [-0.3, -0.25) is 0 Å². The van der Waals surface area contributed by atoms with Crippen molar-refractivity contribution in [1.82, 2.24) is 4.57 Å². The Morgan fingerprint density at radius 2 is 1.51 bits per heavy atom. The van der Waals surface area contributed by atoms with Gasteiger partial charge >= 0.3 is 0 Å². The molecule has 2 nitrogen and oxygen atoms in total. The average molecular weight is 687 g/mol. The molecular formula is C50H47BN2. The maximum atomic E-state index is 2.75. The second-order valence-corrected chi connectivity index (χ2v) is 18.3. The van der Waals surface area contributed by atoms with Crippen LogP contribution >= 0.6 is 0 Å². The van der Waals surface area contributed by atoms with Gasteiger partial charge in [0, 0.05) is 38.9 Å². The Morgan fingerprint density at radius 1 is 0.717 bits per heavy atom. The lowest BCUT2D eigenvalue weighted by atomic mass is 9.33. The molecule has 53 heavy (non-hydrogen) atoms. The summed E-state index contributed by atoms with van der Waals surface area (Å²) in [6, 6.07) is 35.8. The second-order valence-electron chi connectivity index (χ2n) is 18.3. The number of hydrogen-bond donors (Lipinski definition) is 0. The van der Waals surface area contributed by atoms with Gasteiger partial charge < -0.3 is 9.47 Å². The van der Waals surface area contributed by atoms with E-state index in [2.05, 4.69) is 160 Å². The normalized spacial score (nSPS) is 18.5. The molecule has 1 atom stereocenters. The number of rotatable bonds is 2. The molecule has 5 aliphatic rings. The van der Waals surface area contributed by atoms with Crippen molar-refractivity contribution in [2.75, 3.05) is 4.90 Å². The molecule has 0 radical (unpaired) electrons. The van der Waals surface area contributed by atoms with Crippen molar-refractivity contribution in [1.29, 1.82) is 0 Å². The van der Waals surface area contributed by atoms with Crippen LogP contribution in [0.3, 0.4) is 0 Å². The van der Waals surface area contributed by atoms with Gasteiger partial charge in [-0.05, 0) is 123 Å². The molecule has 260 valence electrons. The summed E-state index contributed by atoms with van der Waals surface area (Å²) in [6.07, 6.45) is 13.5. The highest BCUT2D eigenvalue weighted by Crippen LogP contribution is 2.54. The number of fused-ring (bicyclic) bond motifs is 10. The van der Waals surface area contributed by atoms with Crippen molar-refractivity contribution >= 4 is 67.4 Å². The van der Waals surface area contributed by atoms with E-state index >= 15 is 0 Å². The second kappa shape index (κ2) is 10.8. The molecule has 0 fully saturated rings. The van der Waals surface area contributed by atoms with Crippen LogP contribution in [0.25, 0.3) is 49.8 Å². The predicted molar refractivity (Wildman–Crippen MR) is 229 cm³/mol. The fourth-order valence-corrected chi connectivity index (χ4v) is 10.6. The first-order chi connectivity index (χ1) is 25.6. The summed E-state index contributed by atoms with van der Waals surface area (Å²) in [5.41, 5.74) is 22.8. The van der Waals surface area contributed by atoms with Crippen molar-refractivity contribution in [3.63, 3.8) is 0 Å². The highest BCUT2D eigenvalue weighted by molar-refractivity contribution is 7.00. The Hall–Kier alpha value is -5.02. The molecule has 4 heterocycles. The van der Waals surface area contributed by atoms with Crippen molar-refractivity contribution in [3.8, 4) is 16.8 Å². The minimum Gasteiger partial charge on any atom is -0.334 e. The predicted octanol–water partition coefficient (Wildman–Crippen LogP) is 11.1. The number of anilines is 2. The fraction of sp³-hybridized carbons (Fsp3) is 0.280. The number of hydrogen-bond acceptors (Lipinski definition) is 1. The standard InChI is InChI=1S/C50H47BN2/c1-49(2,3)32-20-26-40-36(28-32)44-34(30-14-9-7-10-15-30)22-24-38-47(44)52(40)42-18-13-19-43-46(42)51(38)39-25-23-35(31-16-11-8-12-17-31)45-37-29-33(50(4,5)6)21-27-41(37)53(43)48(39)45/h7,9-10,13-16,18-25,27-29,40H,8,11-12,17,26H2,1-6H3. The minimum atomic E-state index is 0.0665. The van der Waals surface area contributed by atoms with Gasteiger partial charge in [0.15, 0.2) is 0 Å². The zero-order chi connectivity index (χ0) is 36.0. The van der Waals surface area contributed by atoms with E-state index in [1.807, 2.05) is 0 Å². The third-order valence-corrected chi connectivity index (χ3v) is 13.1. The fourth-order valence-electron chi connectivity index (χ4n) is 10.6. The van der Waals surface area contributed by atoms with E-state index in [1.165, 1.54) is 119 Å². The van der Waals surface area contributed by atoms with Crippen LogP contribution in [-0.4, -0.2) is 17.3 Å². The molecule has 0 amide bonds. The number of nitrogens with zero attached hydrogens (tertiary/aromatic N) is 2. The van der Waals surface area contributed by atoms with E-state index in [-0.39, 0.29) is 23.6 Å². The van der Waals surface area contributed by atoms with E-state index in [9.17, 15) is 0 Å². The van der Waals surface area contributed by atoms with E-state index in [4.69, 9.17) is 0 Å². The van der Waals surface area contributed by atoms with Crippen LogP contribution in [0.4, 0.5) is 11.4 Å². The molecule has 6 aromatic rings. The van der Waals surface area contributed by atoms with Gasteiger partial charge in [0.1, 0.15) is 0 Å². The maximum Gasteiger partial charge on any atom is 0.252 e. The van der Waals surface area contributed by atoms with Crippen molar-refractivity contribution < 1.29 is 0 Å². The average Bonchev–Trinajstić information content (AvgIpc) is 3.69. The Morgan fingerprint density at radius 3 is 2.28 bits per heavy atom. The number of aromatic nitrogens is 1. The Bertz CT molecular complexity index is 2670. The van der Waals surface area contributed by atoms with Crippen LogP contribution < -0.4 is 21.3 Å². The summed E-state index contributed by atoms with van der Waals surface area (Å²) in [5.74, 6) is 0. The van der Waals surface area contributed by atoms with Crippen molar-refractivity contribution in [3.05, 3.63) is 131 Å². The lowest BCUT2D eigenvalue weighted by Crippen LogP contribution is -2.61. The first-order valence-corrected chi connectivity index (χ1v) is 20.0. The summed E-state index contributed by atoms with van der Waals surface area (Å²) >= 11 is 0. The third kappa shape index (κ3) is 4.28. The molecule has 0 saturated carbocycles. The molecule has 3 aliphatic heterocycles. The van der Waals surface area contributed by atoms with Crippen LogP contribution in [0, 0.1) is 5.41 Å². The lowest BCUT2D eigenvalue weighted by Gasteiger charge is -2.41. The largest absolute Gasteiger partial charge is 0.334 e. The monoisotopic (exact) mass is 686 g/mol. The maximum absolute atomic E-state index is 2.75. The zero-order valence-electron chi connectivity index (χ0n) is 32.0. The van der Waals surface area contributed by atoms with E-state index < -0.39 is 0 Å². The van der Waals surface area contributed by atoms with Crippen LogP contribution in [0.5, 0.6) is 0 Å². The Kier molecular flexibility index (Phi) is 6.41. The van der Waals surface area contributed by atoms with Crippen molar-refractivity contribution in [2.45, 2.75) is 85.1 Å². The summed E-state index contributed by atoms with van der Waals surface area (Å²) in [5, 5.41) is 2.84. The molecule has 2 aliphatic carbocycles. The number of allylic oxidation sites excluding steroid dienone is 4. The molecule has 0 spiro atoms. The summed E-state index contributed by atoms with van der Waals surface area (Å²) in [4.78, 5) is 2.75. The molecule has 0 saturated heterocycles. The van der Waals surface area contributed by atoms with E-state index in [0.717, 1.165) is 12.8 Å². The Balaban J connectivity index is 1.26. The van der Waals surface area contributed by atoms with Gasteiger partial charge in [0.25, 0.3) is 6.71 Å². The van der Waals surface area contributed by atoms with Gasteiger partial charge in [-0.25, -0.2) is 0 Å². The summed E-state index contributed by atoms with van der Waals surface area (Å²) < 4.78 is 2.66. The minimum absolute atomic E-state index is 0.0665. The van der Waals surface area contributed by atoms with Crippen LogP contribution in [-0.2, 0) is 5.41 Å². The quantitative estimate of drug-likeness (QED) is 0.164. The van der Waals surface area contributed by atoms with Gasteiger partial charge in [-0.1, -0.05) is 127 Å². The van der Waals surface area contributed by atoms with Gasteiger partial charge in [0.2, 0.25) is 0 Å². The van der Waals surface area contributed by atoms with Gasteiger partial charge in [-0.15, -0.1) is 0 Å². The first kappa shape index (κ1) is 31.5. The molecule has 1 unspecified atom stereocenters. The third-order valence-electron chi connectivity index (χ3n) is 13.1. The van der Waals surface area contributed by atoms with Crippen molar-refractivity contribution in [2.24, 2.45) is 5.41 Å². The smallest absolute Gasteiger partial charge is 0.252 e. The topological polar surface area (TPSA) is 8.17 Å². The molecular weight excluding hydrogens is 639 g/mol. The summed E-state index contributed by atoms with van der Waals surface area (Å²) in [6.45, 7) is 14.3. The molecule has 5 aromatic carbocycles. The molecule has 11 rings (SSSR count). The first-order valence-electron chi connectivity index (χ1n) is 20.0. The lowest BCUT2D eigenvalue weighted by molar-refractivity contribution is 0.511. The molecule has 0 bridgehead atoms. The summed E-state index contributed by atoms with van der Waals surface area (Å²) in [7, 11) is 0. The highest BCUT2D eigenvalue weighted by Gasteiger charge is 2.49. The van der Waals surface area contributed by atoms with E-state index in [0.29, 0.717) is 0 Å². The number of benzene rings is 5. The highest BCUT2D eigenvalue weighted by atomic mass is 15.2. The van der Waals surface area contributed by atoms with E-state index in [1.54, 1.807) is 0 Å². The van der Waals surface area contributed by atoms with Crippen LogP contribution in [0.2, 0.25) is 0 Å². The van der Waals surface area contributed by atoms with Gasteiger partial charge in [0.05, 0.1) is 11.6 Å². The Labute approximate surface area is 314 Å². The van der Waals surface area contributed by atoms with Crippen LogP contribution in [0.1, 0.15) is 90.3 Å². The van der Waals surface area contributed by atoms with Gasteiger partial charge in [-0.2, -0.15) is 0 Å². The SMILES string of the molecule is CC(C)(C)C1=CCC2C(=C1)c1c(-c3ccccc3)ccc3c1N2c1cccc2c1B3c1ccc(C3=CCCCC3)c3c4cc(C(C)(C)C)ccc4n-2c13.